The number of esters is 1. The summed E-state index contributed by atoms with van der Waals surface area (Å²) in [7, 11) is 0. The van der Waals surface area contributed by atoms with Gasteiger partial charge in [-0.15, -0.1) is 0 Å². The molecule has 0 aliphatic rings. The van der Waals surface area contributed by atoms with Crippen molar-refractivity contribution in [3.8, 4) is 0 Å². The summed E-state index contributed by atoms with van der Waals surface area (Å²) in [6.07, 6.45) is 19.0. The summed E-state index contributed by atoms with van der Waals surface area (Å²) in [6.45, 7) is 12.2. The molecule has 252 valence electrons. The van der Waals surface area contributed by atoms with Crippen molar-refractivity contribution in [2.45, 2.75) is 110 Å². The summed E-state index contributed by atoms with van der Waals surface area (Å²) in [5.74, 6) is -0.178. The van der Waals surface area contributed by atoms with E-state index in [0.717, 1.165) is 19.4 Å². The zero-order chi connectivity index (χ0) is 30.4. The Morgan fingerprint density at radius 1 is 0.333 bits per heavy atom. The normalized spacial score (nSPS) is 11.4. The Morgan fingerprint density at radius 2 is 0.619 bits per heavy atom. The van der Waals surface area contributed by atoms with E-state index in [2.05, 4.69) is 6.92 Å². The number of ether oxygens (including phenoxy) is 8. The third kappa shape index (κ3) is 37.2. The number of rotatable bonds is 37. The zero-order valence-corrected chi connectivity index (χ0v) is 27.4. The predicted octanol–water partition coefficient (Wildman–Crippen LogP) is 6.54. The predicted molar refractivity (Wildman–Crippen MR) is 167 cm³/mol. The number of unbranched alkanes of at least 4 members (excludes halogenated alkanes) is 12. The van der Waals surface area contributed by atoms with Gasteiger partial charge in [-0.2, -0.15) is 0 Å². The minimum Gasteiger partial charge on any atom is -0.463 e. The smallest absolute Gasteiger partial charge is 0.305 e. The van der Waals surface area contributed by atoms with E-state index in [-0.39, 0.29) is 12.6 Å². The van der Waals surface area contributed by atoms with Crippen molar-refractivity contribution in [1.29, 1.82) is 0 Å². The van der Waals surface area contributed by atoms with Crippen LogP contribution in [0.2, 0.25) is 0 Å². The van der Waals surface area contributed by atoms with Gasteiger partial charge in [-0.3, -0.25) is 4.79 Å². The molecule has 0 rings (SSSR count). The van der Waals surface area contributed by atoms with Gasteiger partial charge >= 0.3 is 5.97 Å². The molecule has 0 aromatic rings. The van der Waals surface area contributed by atoms with Crippen molar-refractivity contribution in [3.63, 3.8) is 0 Å². The highest BCUT2D eigenvalue weighted by Crippen LogP contribution is 2.12. The Bertz CT molecular complexity index is 508. The lowest BCUT2D eigenvalue weighted by atomic mass is 10.0. The van der Waals surface area contributed by atoms with Crippen LogP contribution in [0.5, 0.6) is 0 Å². The molecule has 0 atom stereocenters. The Balaban J connectivity index is 3.05. The largest absolute Gasteiger partial charge is 0.463 e. The maximum Gasteiger partial charge on any atom is 0.305 e. The second kappa shape index (κ2) is 38.2. The average molecular weight is 607 g/mol. The third-order valence-corrected chi connectivity index (χ3v) is 6.57. The van der Waals surface area contributed by atoms with Crippen LogP contribution in [0.25, 0.3) is 0 Å². The van der Waals surface area contributed by atoms with Gasteiger partial charge in [-0.1, -0.05) is 90.9 Å². The van der Waals surface area contributed by atoms with Crippen LogP contribution < -0.4 is 0 Å². The fraction of sp³-hybridized carbons (Fsp3) is 0.970. The molecule has 0 radical (unpaired) electrons. The van der Waals surface area contributed by atoms with E-state index in [0.29, 0.717) is 92.3 Å². The molecule has 0 N–H and O–H groups in total. The van der Waals surface area contributed by atoms with Crippen LogP contribution in [0.15, 0.2) is 0 Å². The van der Waals surface area contributed by atoms with Crippen molar-refractivity contribution in [3.05, 3.63) is 0 Å². The quantitative estimate of drug-likeness (QED) is 0.0578. The summed E-state index contributed by atoms with van der Waals surface area (Å²) in [4.78, 5) is 11.2. The lowest BCUT2D eigenvalue weighted by molar-refractivity contribution is -0.145. The Kier molecular flexibility index (Phi) is 37.5. The summed E-state index contributed by atoms with van der Waals surface area (Å²) < 4.78 is 43.4. The van der Waals surface area contributed by atoms with Crippen LogP contribution in [-0.4, -0.2) is 105 Å². The highest BCUT2D eigenvalue weighted by atomic mass is 16.6. The van der Waals surface area contributed by atoms with Gasteiger partial charge in [0.25, 0.3) is 0 Å². The molecule has 0 amide bonds. The zero-order valence-electron chi connectivity index (χ0n) is 27.4. The number of carbonyl (C=O) groups is 1. The maximum absolute atomic E-state index is 11.2. The molecule has 42 heavy (non-hydrogen) atoms. The van der Waals surface area contributed by atoms with Gasteiger partial charge in [0.05, 0.1) is 85.9 Å². The van der Waals surface area contributed by atoms with E-state index in [9.17, 15) is 4.79 Å². The average Bonchev–Trinajstić information content (AvgIpc) is 2.99. The fourth-order valence-corrected chi connectivity index (χ4v) is 4.13. The molecule has 0 aliphatic carbocycles. The van der Waals surface area contributed by atoms with Crippen molar-refractivity contribution >= 4 is 5.97 Å². The van der Waals surface area contributed by atoms with Crippen molar-refractivity contribution in [2.75, 3.05) is 99.1 Å². The first kappa shape index (κ1) is 41.2. The van der Waals surface area contributed by atoms with Crippen LogP contribution in [0.4, 0.5) is 0 Å². The molecular weight excluding hydrogens is 540 g/mol. The molecular formula is C33H66O9. The first-order chi connectivity index (χ1) is 20.8. The van der Waals surface area contributed by atoms with Crippen molar-refractivity contribution in [2.24, 2.45) is 0 Å². The van der Waals surface area contributed by atoms with Gasteiger partial charge in [0.2, 0.25) is 0 Å². The molecule has 0 unspecified atom stereocenters. The van der Waals surface area contributed by atoms with Gasteiger partial charge in [-0.05, 0) is 12.8 Å². The standard InChI is InChI=1S/C33H66O9/c1-3-5-6-7-8-9-10-11-12-13-14-15-16-18-35-19-20-36-21-22-37-23-24-38-25-26-39-27-28-40-29-30-41-31-32-42-33(34)17-4-2/h3-32H2,1-2H3. The molecule has 9 heteroatoms. The lowest BCUT2D eigenvalue weighted by Gasteiger charge is -2.08. The molecule has 0 aliphatic heterocycles. The van der Waals surface area contributed by atoms with Gasteiger partial charge in [0.15, 0.2) is 0 Å². The molecule has 0 saturated carbocycles. The molecule has 0 heterocycles. The Labute approximate surface area is 257 Å². The minimum atomic E-state index is -0.178. The molecule has 0 spiro atoms. The molecule has 0 aromatic heterocycles. The van der Waals surface area contributed by atoms with Crippen LogP contribution in [0.3, 0.4) is 0 Å². The fourth-order valence-electron chi connectivity index (χ4n) is 4.13. The minimum absolute atomic E-state index is 0.178. The van der Waals surface area contributed by atoms with Gasteiger partial charge in [0, 0.05) is 13.0 Å². The van der Waals surface area contributed by atoms with E-state index in [1.165, 1.54) is 77.0 Å². The van der Waals surface area contributed by atoms with E-state index in [1.54, 1.807) is 0 Å². The maximum atomic E-state index is 11.2. The van der Waals surface area contributed by atoms with E-state index in [1.807, 2.05) is 6.92 Å². The lowest BCUT2D eigenvalue weighted by Crippen LogP contribution is -2.15. The Hall–Kier alpha value is -0.810. The van der Waals surface area contributed by atoms with E-state index >= 15 is 0 Å². The van der Waals surface area contributed by atoms with Crippen LogP contribution in [-0.2, 0) is 42.7 Å². The summed E-state index contributed by atoms with van der Waals surface area (Å²) in [6, 6.07) is 0. The van der Waals surface area contributed by atoms with Gasteiger partial charge in [0.1, 0.15) is 6.61 Å². The van der Waals surface area contributed by atoms with Crippen molar-refractivity contribution < 1.29 is 42.7 Å². The highest BCUT2D eigenvalue weighted by molar-refractivity contribution is 5.69. The summed E-state index contributed by atoms with van der Waals surface area (Å²) in [5, 5.41) is 0. The summed E-state index contributed by atoms with van der Waals surface area (Å²) >= 11 is 0. The van der Waals surface area contributed by atoms with Gasteiger partial charge < -0.3 is 37.9 Å². The van der Waals surface area contributed by atoms with Crippen LogP contribution >= 0.6 is 0 Å². The molecule has 9 nitrogen and oxygen atoms in total. The first-order valence-corrected chi connectivity index (χ1v) is 17.0. The van der Waals surface area contributed by atoms with Crippen LogP contribution in [0.1, 0.15) is 110 Å². The monoisotopic (exact) mass is 606 g/mol. The first-order valence-electron chi connectivity index (χ1n) is 17.0. The number of hydrogen-bond acceptors (Lipinski definition) is 9. The highest BCUT2D eigenvalue weighted by Gasteiger charge is 2.00. The number of carbonyl (C=O) groups excluding carboxylic acids is 1. The van der Waals surface area contributed by atoms with Crippen molar-refractivity contribution in [1.82, 2.24) is 0 Å². The third-order valence-electron chi connectivity index (χ3n) is 6.57. The molecule has 0 aromatic carbocycles. The SMILES string of the molecule is CCCCCCCCCCCCCCCOCCOCCOCCOCCOCCOCCOCCOC(=O)CCC. The van der Waals surface area contributed by atoms with Gasteiger partial charge in [-0.25, -0.2) is 0 Å². The topological polar surface area (TPSA) is 90.9 Å². The molecule has 0 saturated heterocycles. The second-order valence-corrected chi connectivity index (χ2v) is 10.5. The Morgan fingerprint density at radius 3 is 0.952 bits per heavy atom. The molecule has 0 bridgehead atoms. The van der Waals surface area contributed by atoms with E-state index < -0.39 is 0 Å². The number of hydrogen-bond donors (Lipinski definition) is 0. The molecule has 0 fully saturated rings. The second-order valence-electron chi connectivity index (χ2n) is 10.5. The van der Waals surface area contributed by atoms with E-state index in [4.69, 9.17) is 37.9 Å². The van der Waals surface area contributed by atoms with Crippen LogP contribution in [0, 0.1) is 0 Å². The summed E-state index contributed by atoms with van der Waals surface area (Å²) in [5.41, 5.74) is 0.